The number of para-hydroxylation sites is 1. The Morgan fingerprint density at radius 2 is 2.25 bits per heavy atom. The van der Waals surface area contributed by atoms with Gasteiger partial charge >= 0.3 is 5.88 Å². The Balaban J connectivity index is 1.50. The number of aromatic nitrogens is 1. The van der Waals surface area contributed by atoms with E-state index in [1.807, 2.05) is 24.3 Å². The first-order valence-corrected chi connectivity index (χ1v) is 8.46. The molecule has 1 aromatic carbocycles. The topological polar surface area (TPSA) is 111 Å². The van der Waals surface area contributed by atoms with Gasteiger partial charge in [-0.15, -0.1) is 11.3 Å². The molecule has 8 nitrogen and oxygen atoms in total. The van der Waals surface area contributed by atoms with Crippen molar-refractivity contribution < 1.29 is 14.1 Å². The Morgan fingerprint density at radius 1 is 1.42 bits per heavy atom. The van der Waals surface area contributed by atoms with Crippen LogP contribution >= 0.6 is 23.1 Å². The second kappa shape index (κ2) is 7.23. The second-order valence-corrected chi connectivity index (χ2v) is 6.72. The van der Waals surface area contributed by atoms with Crippen molar-refractivity contribution in [2.75, 3.05) is 5.75 Å². The molecule has 1 N–H and O–H groups in total. The van der Waals surface area contributed by atoms with Gasteiger partial charge in [-0.05, 0) is 18.2 Å². The molecular formula is C14H10N4O4S2. The van der Waals surface area contributed by atoms with Crippen molar-refractivity contribution in [2.45, 2.75) is 4.34 Å². The van der Waals surface area contributed by atoms with Crippen LogP contribution in [0.15, 0.2) is 50.3 Å². The standard InChI is InChI=1S/C14H10N4O4S2/c19-12(17-15-7-9-5-6-13(22-9)18(20)21)8-23-14-16-10-3-1-2-4-11(10)24-14/h1-7H,8H2,(H,17,19)/b15-7-. The minimum absolute atomic E-state index is 0.162. The lowest BCUT2D eigenvalue weighted by Crippen LogP contribution is -2.19. The molecule has 2 heterocycles. The summed E-state index contributed by atoms with van der Waals surface area (Å²) in [5, 5.41) is 14.2. The van der Waals surface area contributed by atoms with Crippen LogP contribution in [0.25, 0.3) is 10.2 Å². The quantitative estimate of drug-likeness (QED) is 0.312. The van der Waals surface area contributed by atoms with E-state index in [0.29, 0.717) is 0 Å². The van der Waals surface area contributed by atoms with Crippen molar-refractivity contribution in [3.63, 3.8) is 0 Å². The van der Waals surface area contributed by atoms with Gasteiger partial charge in [0.25, 0.3) is 5.91 Å². The lowest BCUT2D eigenvalue weighted by Gasteiger charge is -1.96. The number of nitro groups is 1. The summed E-state index contributed by atoms with van der Waals surface area (Å²) in [6, 6.07) is 10.4. The summed E-state index contributed by atoms with van der Waals surface area (Å²) in [5.74, 6) is -0.346. The molecular weight excluding hydrogens is 352 g/mol. The number of hydrogen-bond donors (Lipinski definition) is 1. The van der Waals surface area contributed by atoms with Crippen LogP contribution in [-0.4, -0.2) is 27.8 Å². The summed E-state index contributed by atoms with van der Waals surface area (Å²) in [5.41, 5.74) is 3.24. The molecule has 0 aliphatic rings. The Labute approximate surface area is 143 Å². The number of amides is 1. The maximum Gasteiger partial charge on any atom is 0.433 e. The summed E-state index contributed by atoms with van der Waals surface area (Å²) < 4.78 is 6.75. The van der Waals surface area contributed by atoms with Crippen LogP contribution in [0.4, 0.5) is 5.88 Å². The van der Waals surface area contributed by atoms with Gasteiger partial charge in [-0.2, -0.15) is 5.10 Å². The van der Waals surface area contributed by atoms with E-state index in [1.165, 1.54) is 41.4 Å². The van der Waals surface area contributed by atoms with E-state index in [0.717, 1.165) is 14.6 Å². The van der Waals surface area contributed by atoms with Gasteiger partial charge in [-0.3, -0.25) is 14.9 Å². The van der Waals surface area contributed by atoms with E-state index in [-0.39, 0.29) is 23.3 Å². The van der Waals surface area contributed by atoms with Crippen LogP contribution in [0.1, 0.15) is 5.76 Å². The van der Waals surface area contributed by atoms with Gasteiger partial charge in [-0.25, -0.2) is 10.4 Å². The average molecular weight is 362 g/mol. The van der Waals surface area contributed by atoms with Gasteiger partial charge < -0.3 is 4.42 Å². The molecule has 24 heavy (non-hydrogen) atoms. The number of nitrogens with one attached hydrogen (secondary N) is 1. The molecule has 0 unspecified atom stereocenters. The first-order chi connectivity index (χ1) is 11.6. The fourth-order valence-corrected chi connectivity index (χ4v) is 3.61. The predicted molar refractivity (Wildman–Crippen MR) is 91.4 cm³/mol. The van der Waals surface area contributed by atoms with Crippen molar-refractivity contribution >= 4 is 51.3 Å². The Morgan fingerprint density at radius 3 is 3.00 bits per heavy atom. The molecule has 0 radical (unpaired) electrons. The molecule has 0 bridgehead atoms. The lowest BCUT2D eigenvalue weighted by molar-refractivity contribution is -0.402. The molecule has 0 atom stereocenters. The van der Waals surface area contributed by atoms with Gasteiger partial charge in [0.05, 0.1) is 28.3 Å². The van der Waals surface area contributed by atoms with Gasteiger partial charge in [-0.1, -0.05) is 23.9 Å². The maximum atomic E-state index is 11.7. The molecule has 3 aromatic rings. The molecule has 0 aliphatic heterocycles. The second-order valence-electron chi connectivity index (χ2n) is 4.46. The fraction of sp³-hybridized carbons (Fsp3) is 0.0714. The van der Waals surface area contributed by atoms with E-state index < -0.39 is 4.92 Å². The molecule has 0 saturated carbocycles. The monoisotopic (exact) mass is 362 g/mol. The first-order valence-electron chi connectivity index (χ1n) is 6.66. The summed E-state index contributed by atoms with van der Waals surface area (Å²) in [4.78, 5) is 26.0. The van der Waals surface area contributed by atoms with Crippen molar-refractivity contribution in [3.8, 4) is 0 Å². The van der Waals surface area contributed by atoms with Crippen LogP contribution in [0, 0.1) is 10.1 Å². The fourth-order valence-electron chi connectivity index (χ4n) is 1.75. The largest absolute Gasteiger partial charge is 0.433 e. The highest BCUT2D eigenvalue weighted by Gasteiger charge is 2.10. The van der Waals surface area contributed by atoms with Crippen LogP contribution in [0.2, 0.25) is 0 Å². The normalized spacial score (nSPS) is 11.2. The molecule has 0 aliphatic carbocycles. The van der Waals surface area contributed by atoms with E-state index in [4.69, 9.17) is 4.42 Å². The third-order valence-corrected chi connectivity index (χ3v) is 4.95. The van der Waals surface area contributed by atoms with Crippen LogP contribution in [0.5, 0.6) is 0 Å². The molecule has 3 rings (SSSR count). The van der Waals surface area contributed by atoms with Crippen molar-refractivity contribution in [1.29, 1.82) is 0 Å². The maximum absolute atomic E-state index is 11.7. The van der Waals surface area contributed by atoms with E-state index in [9.17, 15) is 14.9 Å². The van der Waals surface area contributed by atoms with Crippen LogP contribution < -0.4 is 5.43 Å². The van der Waals surface area contributed by atoms with Crippen molar-refractivity contribution in [2.24, 2.45) is 5.10 Å². The van der Waals surface area contributed by atoms with Crippen LogP contribution in [0.3, 0.4) is 0 Å². The Bertz CT molecular complexity index is 885. The minimum atomic E-state index is -0.648. The molecule has 0 fully saturated rings. The zero-order valence-electron chi connectivity index (χ0n) is 12.0. The number of thioether (sulfide) groups is 1. The number of hydrazone groups is 1. The zero-order valence-corrected chi connectivity index (χ0v) is 13.7. The zero-order chi connectivity index (χ0) is 16.9. The summed E-state index contributed by atoms with van der Waals surface area (Å²) in [6.07, 6.45) is 1.20. The number of thiazole rings is 1. The highest BCUT2D eigenvalue weighted by Crippen LogP contribution is 2.28. The van der Waals surface area contributed by atoms with E-state index in [1.54, 1.807) is 0 Å². The minimum Gasteiger partial charge on any atom is -0.400 e. The van der Waals surface area contributed by atoms with Crippen LogP contribution in [-0.2, 0) is 4.79 Å². The molecule has 0 spiro atoms. The van der Waals surface area contributed by atoms with Gasteiger partial charge in [0.1, 0.15) is 4.92 Å². The number of nitrogens with zero attached hydrogens (tertiary/aromatic N) is 3. The lowest BCUT2D eigenvalue weighted by atomic mass is 10.3. The predicted octanol–water partition coefficient (Wildman–Crippen LogP) is 3.04. The van der Waals surface area contributed by atoms with Crippen molar-refractivity contribution in [1.82, 2.24) is 10.4 Å². The molecule has 2 aromatic heterocycles. The molecule has 122 valence electrons. The van der Waals surface area contributed by atoms with Gasteiger partial charge in [0, 0.05) is 0 Å². The average Bonchev–Trinajstić information content (AvgIpc) is 3.19. The third kappa shape index (κ3) is 3.97. The Hall–Kier alpha value is -2.72. The van der Waals surface area contributed by atoms with Gasteiger partial charge in [0.2, 0.25) is 0 Å². The number of furan rings is 1. The number of hydrogen-bond acceptors (Lipinski definition) is 8. The molecule has 10 heteroatoms. The number of benzene rings is 1. The Kier molecular flexibility index (Phi) is 4.87. The highest BCUT2D eigenvalue weighted by molar-refractivity contribution is 8.01. The molecule has 0 saturated heterocycles. The summed E-state index contributed by atoms with van der Waals surface area (Å²) in [7, 11) is 0. The third-order valence-electron chi connectivity index (χ3n) is 2.77. The van der Waals surface area contributed by atoms with E-state index in [2.05, 4.69) is 15.5 Å². The number of fused-ring (bicyclic) bond motifs is 1. The first kappa shape index (κ1) is 16.1. The van der Waals surface area contributed by atoms with E-state index >= 15 is 0 Å². The highest BCUT2D eigenvalue weighted by atomic mass is 32.2. The number of carbonyl (C=O) groups is 1. The number of carbonyl (C=O) groups excluding carboxylic acids is 1. The van der Waals surface area contributed by atoms with Crippen molar-refractivity contribution in [3.05, 3.63) is 52.3 Å². The molecule has 1 amide bonds. The SMILES string of the molecule is O=C(CSc1nc2ccccc2s1)N/N=C\c1ccc([N+](=O)[O-])o1. The summed E-state index contributed by atoms with van der Waals surface area (Å²) in [6.45, 7) is 0. The smallest absolute Gasteiger partial charge is 0.400 e. The van der Waals surface area contributed by atoms with Gasteiger partial charge in [0.15, 0.2) is 10.1 Å². The number of rotatable bonds is 6. The summed E-state index contributed by atoms with van der Waals surface area (Å²) >= 11 is 2.84.